The summed E-state index contributed by atoms with van der Waals surface area (Å²) in [7, 11) is 0. The van der Waals surface area contributed by atoms with Crippen LogP contribution in [0.25, 0.3) is 0 Å². The number of carboxylic acids is 1. The van der Waals surface area contributed by atoms with Crippen molar-refractivity contribution >= 4 is 23.6 Å². The average molecular weight is 360 g/mol. The minimum atomic E-state index is -2.03. The van der Waals surface area contributed by atoms with Crippen LogP contribution in [0.5, 0.6) is 0 Å². The van der Waals surface area contributed by atoms with E-state index in [-0.39, 0.29) is 0 Å². The lowest BCUT2D eigenvalue weighted by Crippen LogP contribution is -2.46. The Morgan fingerprint density at radius 3 is 2.64 bits per heavy atom. The number of hydrogen-bond donors (Lipinski definition) is 3. The number of aliphatic carboxylic acids is 1. The quantitative estimate of drug-likeness (QED) is 0.732. The SMILES string of the molecule is Cc1ccc(Sc2ncccc2C(=O)NCC(C)(O)C(=O)O)c(C)c1. The number of aliphatic hydroxyl groups is 1. The molecule has 0 saturated heterocycles. The number of carbonyl (C=O) groups excluding carboxylic acids is 1. The number of nitrogens with one attached hydrogen (secondary N) is 1. The lowest BCUT2D eigenvalue weighted by molar-refractivity contribution is -0.155. The van der Waals surface area contributed by atoms with Gasteiger partial charge < -0.3 is 15.5 Å². The number of nitrogens with zero attached hydrogens (tertiary/aromatic N) is 1. The van der Waals surface area contributed by atoms with Crippen LogP contribution in [0.1, 0.15) is 28.4 Å². The highest BCUT2D eigenvalue weighted by atomic mass is 32.2. The molecule has 0 saturated carbocycles. The van der Waals surface area contributed by atoms with Crippen LogP contribution >= 0.6 is 11.8 Å². The Morgan fingerprint density at radius 2 is 2.00 bits per heavy atom. The molecule has 0 spiro atoms. The molecule has 1 amide bonds. The average Bonchev–Trinajstić information content (AvgIpc) is 2.55. The lowest BCUT2D eigenvalue weighted by Gasteiger charge is -2.18. The fourth-order valence-electron chi connectivity index (χ4n) is 2.09. The van der Waals surface area contributed by atoms with Gasteiger partial charge in [-0.05, 0) is 44.5 Å². The lowest BCUT2D eigenvalue weighted by atomic mass is 10.1. The second-order valence-corrected chi connectivity index (χ2v) is 7.02. The molecule has 1 aromatic heterocycles. The van der Waals surface area contributed by atoms with Crippen LogP contribution in [0.15, 0.2) is 46.5 Å². The molecule has 1 atom stereocenters. The summed E-state index contributed by atoms with van der Waals surface area (Å²) in [6.45, 7) is 4.73. The predicted molar refractivity (Wildman–Crippen MR) is 94.9 cm³/mol. The molecule has 2 rings (SSSR count). The third kappa shape index (κ3) is 4.80. The van der Waals surface area contributed by atoms with Gasteiger partial charge in [0, 0.05) is 11.1 Å². The van der Waals surface area contributed by atoms with Crippen LogP contribution in [0.3, 0.4) is 0 Å². The monoisotopic (exact) mass is 360 g/mol. The summed E-state index contributed by atoms with van der Waals surface area (Å²) < 4.78 is 0. The van der Waals surface area contributed by atoms with Gasteiger partial charge in [0.2, 0.25) is 0 Å². The van der Waals surface area contributed by atoms with E-state index in [0.717, 1.165) is 22.9 Å². The molecule has 0 bridgehead atoms. The Hall–Kier alpha value is -2.38. The number of aryl methyl sites for hydroxylation is 2. The second kappa shape index (κ2) is 7.67. The minimum Gasteiger partial charge on any atom is -0.479 e. The molecule has 1 aromatic carbocycles. The van der Waals surface area contributed by atoms with E-state index in [1.807, 2.05) is 26.0 Å². The maximum atomic E-state index is 12.4. The number of hydrogen-bond acceptors (Lipinski definition) is 5. The maximum Gasteiger partial charge on any atom is 0.337 e. The number of amides is 1. The van der Waals surface area contributed by atoms with Crippen molar-refractivity contribution in [3.05, 3.63) is 53.2 Å². The molecule has 6 nitrogen and oxygen atoms in total. The molecule has 0 aliphatic carbocycles. The Kier molecular flexibility index (Phi) is 5.81. The fourth-order valence-corrected chi connectivity index (χ4v) is 3.03. The first-order valence-electron chi connectivity index (χ1n) is 7.65. The second-order valence-electron chi connectivity index (χ2n) is 5.99. The molecule has 3 N–H and O–H groups in total. The highest BCUT2D eigenvalue weighted by molar-refractivity contribution is 7.99. The summed E-state index contributed by atoms with van der Waals surface area (Å²) in [4.78, 5) is 28.6. The number of pyridine rings is 1. The van der Waals surface area contributed by atoms with E-state index in [2.05, 4.69) is 16.4 Å². The number of carboxylic acid groups (broad SMARTS) is 1. The van der Waals surface area contributed by atoms with Gasteiger partial charge in [-0.1, -0.05) is 29.5 Å². The highest BCUT2D eigenvalue weighted by Crippen LogP contribution is 2.31. The van der Waals surface area contributed by atoms with Gasteiger partial charge in [-0.3, -0.25) is 4.79 Å². The molecule has 7 heteroatoms. The Balaban J connectivity index is 2.20. The largest absolute Gasteiger partial charge is 0.479 e. The zero-order valence-corrected chi connectivity index (χ0v) is 15.1. The van der Waals surface area contributed by atoms with Gasteiger partial charge in [-0.2, -0.15) is 0 Å². The van der Waals surface area contributed by atoms with Gasteiger partial charge in [-0.15, -0.1) is 0 Å². The van der Waals surface area contributed by atoms with Crippen LogP contribution in [0, 0.1) is 13.8 Å². The first-order valence-corrected chi connectivity index (χ1v) is 8.46. The van der Waals surface area contributed by atoms with Crippen molar-refractivity contribution in [1.82, 2.24) is 10.3 Å². The minimum absolute atomic E-state index is 0.327. The smallest absolute Gasteiger partial charge is 0.337 e. The molecule has 0 fully saturated rings. The summed E-state index contributed by atoms with van der Waals surface area (Å²) in [6, 6.07) is 9.26. The summed E-state index contributed by atoms with van der Waals surface area (Å²) in [5, 5.41) is 21.6. The summed E-state index contributed by atoms with van der Waals surface area (Å²) in [5.41, 5.74) is 0.528. The fraction of sp³-hybridized carbons (Fsp3) is 0.278. The van der Waals surface area contributed by atoms with Gasteiger partial charge >= 0.3 is 5.97 Å². The van der Waals surface area contributed by atoms with E-state index in [9.17, 15) is 14.7 Å². The van der Waals surface area contributed by atoms with E-state index in [1.54, 1.807) is 18.3 Å². The van der Waals surface area contributed by atoms with Crippen LogP contribution in [0.4, 0.5) is 0 Å². The molecule has 0 aliphatic heterocycles. The van der Waals surface area contributed by atoms with Crippen LogP contribution in [-0.4, -0.2) is 39.2 Å². The number of rotatable bonds is 6. The number of aromatic nitrogens is 1. The standard InChI is InChI=1S/C18H20N2O4S/c1-11-6-7-14(12(2)9-11)25-16-13(5-4-8-19-16)15(21)20-10-18(3,24)17(22)23/h4-9,24H,10H2,1-3H3,(H,20,21)(H,22,23). The van der Waals surface area contributed by atoms with Gasteiger partial charge in [0.1, 0.15) is 5.03 Å². The Bertz CT molecular complexity index is 805. The van der Waals surface area contributed by atoms with Gasteiger partial charge in [0.25, 0.3) is 5.91 Å². The molecular weight excluding hydrogens is 340 g/mol. The van der Waals surface area contributed by atoms with E-state index < -0.39 is 24.0 Å². The molecular formula is C18H20N2O4S. The molecule has 2 aromatic rings. The van der Waals surface area contributed by atoms with E-state index in [1.165, 1.54) is 11.8 Å². The van der Waals surface area contributed by atoms with Crippen molar-refractivity contribution in [3.63, 3.8) is 0 Å². The Labute approximate surface area is 150 Å². The van der Waals surface area contributed by atoms with E-state index in [0.29, 0.717) is 10.6 Å². The van der Waals surface area contributed by atoms with Crippen molar-refractivity contribution in [2.24, 2.45) is 0 Å². The summed E-state index contributed by atoms with van der Waals surface area (Å²) in [5.74, 6) is -1.88. The molecule has 0 aliphatic rings. The third-order valence-electron chi connectivity index (χ3n) is 3.61. The van der Waals surface area contributed by atoms with Crippen LogP contribution in [0.2, 0.25) is 0 Å². The number of benzene rings is 1. The third-order valence-corrected chi connectivity index (χ3v) is 4.80. The molecule has 1 unspecified atom stereocenters. The number of carbonyl (C=O) groups is 2. The first-order chi connectivity index (χ1) is 11.7. The topological polar surface area (TPSA) is 99.5 Å². The predicted octanol–water partition coefficient (Wildman–Crippen LogP) is 2.42. The van der Waals surface area contributed by atoms with Crippen LogP contribution in [-0.2, 0) is 4.79 Å². The Morgan fingerprint density at radius 1 is 1.28 bits per heavy atom. The highest BCUT2D eigenvalue weighted by Gasteiger charge is 2.30. The maximum absolute atomic E-state index is 12.4. The summed E-state index contributed by atoms with van der Waals surface area (Å²) in [6.07, 6.45) is 1.59. The van der Waals surface area contributed by atoms with Crippen molar-refractivity contribution in [2.75, 3.05) is 6.54 Å². The van der Waals surface area contributed by atoms with Gasteiger partial charge in [-0.25, -0.2) is 9.78 Å². The van der Waals surface area contributed by atoms with Gasteiger partial charge in [0.15, 0.2) is 5.60 Å². The van der Waals surface area contributed by atoms with Crippen molar-refractivity contribution in [3.8, 4) is 0 Å². The molecule has 25 heavy (non-hydrogen) atoms. The van der Waals surface area contributed by atoms with Crippen molar-refractivity contribution in [1.29, 1.82) is 0 Å². The van der Waals surface area contributed by atoms with Crippen molar-refractivity contribution in [2.45, 2.75) is 36.3 Å². The zero-order valence-electron chi connectivity index (χ0n) is 14.2. The zero-order chi connectivity index (χ0) is 18.6. The summed E-state index contributed by atoms with van der Waals surface area (Å²) >= 11 is 1.37. The molecule has 1 heterocycles. The van der Waals surface area contributed by atoms with Crippen molar-refractivity contribution < 1.29 is 19.8 Å². The molecule has 132 valence electrons. The normalized spacial score (nSPS) is 13.1. The van der Waals surface area contributed by atoms with Crippen LogP contribution < -0.4 is 5.32 Å². The molecule has 0 radical (unpaired) electrons. The van der Waals surface area contributed by atoms with Gasteiger partial charge in [0.05, 0.1) is 12.1 Å². The first kappa shape index (κ1) is 19.0. The van der Waals surface area contributed by atoms with E-state index >= 15 is 0 Å². The van der Waals surface area contributed by atoms with E-state index in [4.69, 9.17) is 5.11 Å².